The second-order valence-corrected chi connectivity index (χ2v) is 13.7. The van der Waals surface area contributed by atoms with Gasteiger partial charge in [-0.25, -0.2) is 9.97 Å². The molecule has 0 spiro atoms. The molecule has 13 heteroatoms. The Balaban J connectivity index is 1.12. The number of hydrogen-bond acceptors (Lipinski definition) is 8. The number of halogens is 2. The van der Waals surface area contributed by atoms with Crippen molar-refractivity contribution in [3.05, 3.63) is 105 Å². The lowest BCUT2D eigenvalue weighted by molar-refractivity contribution is -0.141. The second-order valence-electron chi connectivity index (χ2n) is 12.9. The molecule has 3 N–H and O–H groups in total. The molecule has 2 atom stereocenters. The van der Waals surface area contributed by atoms with E-state index in [1.807, 2.05) is 65.6 Å². The molecule has 0 saturated carbocycles. The van der Waals surface area contributed by atoms with Gasteiger partial charge in [-0.1, -0.05) is 65.7 Å². The van der Waals surface area contributed by atoms with Crippen LogP contribution in [0.15, 0.2) is 77.9 Å². The number of methoxy groups -OCH3 is 1. The molecule has 2 aromatic carbocycles. The number of nitrogens with zero attached hydrogens (tertiary/aromatic N) is 4. The summed E-state index contributed by atoms with van der Waals surface area (Å²) in [6.45, 7) is 2.58. The molecule has 2 aliphatic rings. The Bertz CT molecular complexity index is 2210. The topological polar surface area (TPSA) is 138 Å². The van der Waals surface area contributed by atoms with Crippen LogP contribution in [0.4, 0.5) is 0 Å². The molecule has 1 amide bonds. The highest BCUT2D eigenvalue weighted by atomic mass is 35.5. The summed E-state index contributed by atoms with van der Waals surface area (Å²) in [6.07, 6.45) is 5.21. The summed E-state index contributed by atoms with van der Waals surface area (Å²) in [5.74, 6) is -0.653. The van der Waals surface area contributed by atoms with Gasteiger partial charge in [-0.3, -0.25) is 23.7 Å². The Hall–Kier alpha value is -4.81. The highest BCUT2D eigenvalue weighted by molar-refractivity contribution is 6.39. The van der Waals surface area contributed by atoms with E-state index in [2.05, 4.69) is 15.6 Å². The lowest BCUT2D eigenvalue weighted by atomic mass is 9.97. The number of amides is 1. The van der Waals surface area contributed by atoms with Gasteiger partial charge < -0.3 is 20.5 Å². The summed E-state index contributed by atoms with van der Waals surface area (Å²) in [7, 11) is 1.58. The van der Waals surface area contributed by atoms with Crippen molar-refractivity contribution in [2.75, 3.05) is 26.7 Å². The maximum Gasteiger partial charge on any atom is 0.307 e. The number of rotatable bonds is 11. The van der Waals surface area contributed by atoms with Crippen molar-refractivity contribution in [1.29, 1.82) is 0 Å². The van der Waals surface area contributed by atoms with Crippen LogP contribution < -0.4 is 20.9 Å². The van der Waals surface area contributed by atoms with E-state index < -0.39 is 11.9 Å². The smallest absolute Gasteiger partial charge is 0.307 e. The maximum absolute atomic E-state index is 13.3. The first-order chi connectivity index (χ1) is 24.7. The number of carboxylic acid groups (broad SMARTS) is 1. The van der Waals surface area contributed by atoms with Crippen LogP contribution in [0.3, 0.4) is 0 Å². The number of nitrogens with one attached hydrogen (secondary N) is 2. The molecule has 2 saturated heterocycles. The molecule has 5 aromatic rings. The molecule has 262 valence electrons. The Labute approximate surface area is 304 Å². The van der Waals surface area contributed by atoms with Gasteiger partial charge in [0.1, 0.15) is 5.65 Å². The van der Waals surface area contributed by atoms with Crippen LogP contribution in [0.1, 0.15) is 30.4 Å². The number of benzene rings is 2. The van der Waals surface area contributed by atoms with Crippen LogP contribution in [0.25, 0.3) is 39.2 Å². The van der Waals surface area contributed by atoms with Gasteiger partial charge in [0.05, 0.1) is 34.3 Å². The first-order valence-corrected chi connectivity index (χ1v) is 17.5. The van der Waals surface area contributed by atoms with Crippen LogP contribution in [0.5, 0.6) is 5.88 Å². The van der Waals surface area contributed by atoms with Gasteiger partial charge >= 0.3 is 5.97 Å². The van der Waals surface area contributed by atoms with E-state index in [9.17, 15) is 19.5 Å². The fourth-order valence-electron chi connectivity index (χ4n) is 6.85. The molecule has 51 heavy (non-hydrogen) atoms. The molecular formula is C38H36Cl2N6O5. The summed E-state index contributed by atoms with van der Waals surface area (Å²) < 4.78 is 7.14. The third-order valence-corrected chi connectivity index (χ3v) is 10.4. The first-order valence-electron chi connectivity index (χ1n) is 16.8. The van der Waals surface area contributed by atoms with Gasteiger partial charge in [0.2, 0.25) is 11.8 Å². The molecule has 5 heterocycles. The summed E-state index contributed by atoms with van der Waals surface area (Å²) in [5.41, 5.74) is 6.04. The van der Waals surface area contributed by atoms with Crippen LogP contribution in [0.2, 0.25) is 10.0 Å². The van der Waals surface area contributed by atoms with Gasteiger partial charge in [0.25, 0.3) is 5.56 Å². The van der Waals surface area contributed by atoms with E-state index in [-0.39, 0.29) is 17.5 Å². The number of carbonyl (C=O) groups excluding carboxylic acids is 1. The first kappa shape index (κ1) is 34.6. The van der Waals surface area contributed by atoms with Crippen molar-refractivity contribution in [3.63, 3.8) is 0 Å². The molecule has 0 radical (unpaired) electrons. The zero-order valence-electron chi connectivity index (χ0n) is 27.9. The van der Waals surface area contributed by atoms with Gasteiger partial charge in [0.15, 0.2) is 0 Å². The van der Waals surface area contributed by atoms with Crippen LogP contribution in [0, 0.1) is 5.92 Å². The standard InChI is InChI=1S/C38H36Cl2N6O5/c1-51-36-23(17-41-19-26-9-11-33(47)43-26)8-10-31(44-36)30-7-3-6-29(35(30)40)28-5-2-4-27(34(28)39)22-13-15-46-32(16-22)42-18-25(37(46)48)21-45-14-12-24(20-45)38(49)50/h2-8,10,13,15-16,18,24,26,41H,9,11-12,14,17,19-21H2,1H3,(H,43,47)(H,49,50)/t24-,26+/m1/s1. The minimum Gasteiger partial charge on any atom is -0.481 e. The number of aliphatic carboxylic acids is 1. The minimum atomic E-state index is -0.808. The van der Waals surface area contributed by atoms with E-state index in [4.69, 9.17) is 32.9 Å². The molecule has 7 rings (SSSR count). The molecule has 2 fully saturated rings. The van der Waals surface area contributed by atoms with Crippen molar-refractivity contribution in [3.8, 4) is 39.4 Å². The SMILES string of the molecule is COc1nc(-c2cccc(-c3cccc(-c4ccn5c(=O)c(CN6CC[C@@H](C(=O)O)C6)cnc5c4)c3Cl)c2Cl)ccc1CNC[C@@H]1CCC(=O)N1. The Kier molecular flexibility index (Phi) is 10.1. The predicted octanol–water partition coefficient (Wildman–Crippen LogP) is 5.68. The minimum absolute atomic E-state index is 0.0880. The molecule has 3 aromatic heterocycles. The van der Waals surface area contributed by atoms with E-state index in [0.29, 0.717) is 78.4 Å². The average Bonchev–Trinajstić information content (AvgIpc) is 3.79. The third kappa shape index (κ3) is 7.20. The maximum atomic E-state index is 13.3. The average molecular weight is 728 g/mol. The number of carbonyl (C=O) groups is 2. The Morgan fingerprint density at radius 1 is 1.00 bits per heavy atom. The molecule has 11 nitrogen and oxygen atoms in total. The molecular weight excluding hydrogens is 691 g/mol. The number of aromatic nitrogens is 3. The van der Waals surface area contributed by atoms with Gasteiger partial charge in [-0.2, -0.15) is 0 Å². The zero-order valence-corrected chi connectivity index (χ0v) is 29.4. The largest absolute Gasteiger partial charge is 0.481 e. The zero-order chi connectivity index (χ0) is 35.6. The van der Waals surface area contributed by atoms with Gasteiger partial charge in [0, 0.05) is 78.9 Å². The molecule has 0 bridgehead atoms. The van der Waals surface area contributed by atoms with Crippen molar-refractivity contribution >= 4 is 40.7 Å². The third-order valence-electron chi connectivity index (χ3n) is 9.59. The number of carboxylic acids is 1. The van der Waals surface area contributed by atoms with Crippen molar-refractivity contribution < 1.29 is 19.4 Å². The van der Waals surface area contributed by atoms with E-state index in [1.165, 1.54) is 4.40 Å². The number of hydrogen-bond donors (Lipinski definition) is 3. The Morgan fingerprint density at radius 2 is 1.75 bits per heavy atom. The molecule has 2 aliphatic heterocycles. The highest BCUT2D eigenvalue weighted by Gasteiger charge is 2.28. The van der Waals surface area contributed by atoms with Gasteiger partial charge in [-0.05, 0) is 43.1 Å². The van der Waals surface area contributed by atoms with E-state index in [0.717, 1.165) is 39.8 Å². The van der Waals surface area contributed by atoms with Crippen molar-refractivity contribution in [1.82, 2.24) is 29.9 Å². The lowest BCUT2D eigenvalue weighted by Gasteiger charge is -2.16. The summed E-state index contributed by atoms with van der Waals surface area (Å²) in [5, 5.41) is 16.7. The van der Waals surface area contributed by atoms with Crippen LogP contribution in [-0.4, -0.2) is 69.0 Å². The number of fused-ring (bicyclic) bond motifs is 1. The van der Waals surface area contributed by atoms with Crippen molar-refractivity contribution in [2.45, 2.75) is 38.4 Å². The molecule has 0 aliphatic carbocycles. The number of pyridine rings is 2. The fourth-order valence-corrected chi connectivity index (χ4v) is 7.51. The lowest BCUT2D eigenvalue weighted by Crippen LogP contribution is -2.35. The monoisotopic (exact) mass is 726 g/mol. The summed E-state index contributed by atoms with van der Waals surface area (Å²) in [6, 6.07) is 19.1. The number of ether oxygens (including phenoxy) is 1. The Morgan fingerprint density at radius 3 is 2.45 bits per heavy atom. The van der Waals surface area contributed by atoms with E-state index in [1.54, 1.807) is 19.5 Å². The normalized spacial score (nSPS) is 17.6. The van der Waals surface area contributed by atoms with Crippen molar-refractivity contribution in [2.24, 2.45) is 5.92 Å². The van der Waals surface area contributed by atoms with Gasteiger partial charge in [-0.15, -0.1) is 0 Å². The quantitative estimate of drug-likeness (QED) is 0.157. The highest BCUT2D eigenvalue weighted by Crippen LogP contribution is 2.42. The van der Waals surface area contributed by atoms with Crippen LogP contribution >= 0.6 is 23.2 Å². The fraction of sp³-hybridized carbons (Fsp3) is 0.289. The predicted molar refractivity (Wildman–Crippen MR) is 196 cm³/mol. The summed E-state index contributed by atoms with van der Waals surface area (Å²) in [4.78, 5) is 47.5. The summed E-state index contributed by atoms with van der Waals surface area (Å²) >= 11 is 14.2. The second kappa shape index (κ2) is 14.8. The van der Waals surface area contributed by atoms with E-state index >= 15 is 0 Å². The number of likely N-dealkylation sites (tertiary alicyclic amines) is 1. The van der Waals surface area contributed by atoms with Crippen LogP contribution in [-0.2, 0) is 22.7 Å². The molecule has 0 unspecified atom stereocenters.